The number of Topliss-reactive ketones (excluding diaryl/α,β-unsaturated/α-hetero) is 1. The van der Waals surface area contributed by atoms with Gasteiger partial charge in [-0.05, 0) is 18.6 Å². The number of carbonyl (C=O) groups is 1. The van der Waals surface area contributed by atoms with Crippen LogP contribution in [0.1, 0.15) is 16.8 Å². The molecule has 1 aromatic rings. The molecule has 0 aromatic heterocycles. The van der Waals surface area contributed by atoms with Crippen LogP contribution in [0.15, 0.2) is 24.3 Å². The molecule has 0 saturated heterocycles. The van der Waals surface area contributed by atoms with Crippen LogP contribution in [0.25, 0.3) is 0 Å². The second-order valence-electron chi connectivity index (χ2n) is 4.16. The topological polar surface area (TPSA) is 50.1 Å². The van der Waals surface area contributed by atoms with Gasteiger partial charge in [-0.15, -0.1) is 0 Å². The van der Waals surface area contributed by atoms with Gasteiger partial charge in [-0.1, -0.05) is 12.1 Å². The zero-order valence-electron chi connectivity index (χ0n) is 8.06. The molecule has 3 nitrogen and oxygen atoms in total. The average Bonchev–Trinajstić information content (AvgIpc) is 2.99. The van der Waals surface area contributed by atoms with Crippen molar-refractivity contribution in [2.45, 2.75) is 6.42 Å². The van der Waals surface area contributed by atoms with E-state index >= 15 is 0 Å². The van der Waals surface area contributed by atoms with Crippen molar-refractivity contribution in [2.75, 3.05) is 6.61 Å². The molecule has 1 aliphatic carbocycles. The third kappa shape index (κ3) is 0.964. The third-order valence-electron chi connectivity index (χ3n) is 3.30. The lowest BCUT2D eigenvalue weighted by Gasteiger charge is -2.23. The van der Waals surface area contributed by atoms with Crippen LogP contribution in [0, 0.1) is 22.7 Å². The summed E-state index contributed by atoms with van der Waals surface area (Å²) in [5.41, 5.74) is 0.102. The molecule has 1 aliphatic heterocycles. The summed E-state index contributed by atoms with van der Waals surface area (Å²) in [7, 11) is 0. The van der Waals surface area contributed by atoms with Crippen molar-refractivity contribution in [3.63, 3.8) is 0 Å². The van der Waals surface area contributed by atoms with Crippen molar-refractivity contribution in [3.05, 3.63) is 29.8 Å². The Hall–Kier alpha value is -1.82. The first-order chi connectivity index (χ1) is 7.28. The fraction of sp³-hybridized carbons (Fsp3) is 0.333. The Morgan fingerprint density at radius 3 is 3.00 bits per heavy atom. The Labute approximate surface area is 87.3 Å². The number of hydrogen-bond acceptors (Lipinski definition) is 3. The molecule has 0 unspecified atom stereocenters. The van der Waals surface area contributed by atoms with Crippen molar-refractivity contribution in [1.82, 2.24) is 0 Å². The molecule has 74 valence electrons. The van der Waals surface area contributed by atoms with Crippen LogP contribution in [-0.4, -0.2) is 12.4 Å². The van der Waals surface area contributed by atoms with E-state index in [1.807, 2.05) is 12.1 Å². The van der Waals surface area contributed by atoms with Gasteiger partial charge in [0.2, 0.25) is 0 Å². The zero-order valence-corrected chi connectivity index (χ0v) is 8.06. The maximum Gasteiger partial charge on any atom is 0.177 e. The molecule has 1 fully saturated rings. The van der Waals surface area contributed by atoms with Gasteiger partial charge in [0.15, 0.2) is 5.78 Å². The molecule has 0 radical (unpaired) electrons. The maximum absolute atomic E-state index is 12.1. The van der Waals surface area contributed by atoms with E-state index in [0.717, 1.165) is 0 Å². The quantitative estimate of drug-likeness (QED) is 0.640. The fourth-order valence-corrected chi connectivity index (χ4v) is 2.21. The Kier molecular flexibility index (Phi) is 1.47. The van der Waals surface area contributed by atoms with Gasteiger partial charge < -0.3 is 4.74 Å². The van der Waals surface area contributed by atoms with Crippen LogP contribution in [0.2, 0.25) is 0 Å². The number of para-hydroxylation sites is 1. The summed E-state index contributed by atoms with van der Waals surface area (Å²) < 4.78 is 5.53. The SMILES string of the molecule is N#C[C@@H]1C[C@]12COc1ccccc1C2=O. The van der Waals surface area contributed by atoms with Crippen LogP contribution in [-0.2, 0) is 0 Å². The number of hydrogen-bond donors (Lipinski definition) is 0. The monoisotopic (exact) mass is 199 g/mol. The molecule has 0 N–H and O–H groups in total. The van der Waals surface area contributed by atoms with E-state index in [1.165, 1.54) is 0 Å². The predicted molar refractivity (Wildman–Crippen MR) is 52.4 cm³/mol. The summed E-state index contributed by atoms with van der Waals surface area (Å²) >= 11 is 0. The summed E-state index contributed by atoms with van der Waals surface area (Å²) in [6, 6.07) is 9.39. The van der Waals surface area contributed by atoms with E-state index < -0.39 is 5.41 Å². The Bertz CT molecular complexity index is 489. The summed E-state index contributed by atoms with van der Waals surface area (Å²) in [6.45, 7) is 0.362. The predicted octanol–water partition coefficient (Wildman–Crippen LogP) is 1.79. The third-order valence-corrected chi connectivity index (χ3v) is 3.30. The highest BCUT2D eigenvalue weighted by molar-refractivity contribution is 6.06. The van der Waals surface area contributed by atoms with Crippen LogP contribution >= 0.6 is 0 Å². The van der Waals surface area contributed by atoms with Crippen molar-refractivity contribution in [3.8, 4) is 11.8 Å². The lowest BCUT2D eigenvalue weighted by atomic mass is 9.90. The molecular formula is C12H9NO2. The second kappa shape index (κ2) is 2.60. The van der Waals surface area contributed by atoms with E-state index in [2.05, 4.69) is 6.07 Å². The largest absolute Gasteiger partial charge is 0.492 e. The number of ketones is 1. The van der Waals surface area contributed by atoms with Crippen molar-refractivity contribution >= 4 is 5.78 Å². The Balaban J connectivity index is 2.05. The van der Waals surface area contributed by atoms with E-state index in [0.29, 0.717) is 24.3 Å². The summed E-state index contributed by atoms with van der Waals surface area (Å²) in [6.07, 6.45) is 0.649. The number of nitrogens with zero attached hydrogens (tertiary/aromatic N) is 1. The van der Waals surface area contributed by atoms with Crippen molar-refractivity contribution < 1.29 is 9.53 Å². The normalized spacial score (nSPS) is 31.7. The molecular weight excluding hydrogens is 190 g/mol. The van der Waals surface area contributed by atoms with Gasteiger partial charge in [0, 0.05) is 0 Å². The van der Waals surface area contributed by atoms with Gasteiger partial charge in [-0.25, -0.2) is 0 Å². The zero-order chi connectivity index (χ0) is 10.5. The molecule has 1 heterocycles. The highest BCUT2D eigenvalue weighted by Gasteiger charge is 2.63. The molecule has 1 spiro atoms. The Morgan fingerprint density at radius 2 is 2.27 bits per heavy atom. The molecule has 2 aliphatic rings. The van der Waals surface area contributed by atoms with Gasteiger partial charge in [-0.2, -0.15) is 5.26 Å². The summed E-state index contributed by atoms with van der Waals surface area (Å²) in [4.78, 5) is 12.1. The minimum atomic E-state index is -0.525. The van der Waals surface area contributed by atoms with Crippen molar-refractivity contribution in [1.29, 1.82) is 5.26 Å². The molecule has 0 amide bonds. The number of ether oxygens (including phenoxy) is 1. The van der Waals surface area contributed by atoms with Crippen molar-refractivity contribution in [2.24, 2.45) is 11.3 Å². The average molecular weight is 199 g/mol. The summed E-state index contributed by atoms with van der Waals surface area (Å²) in [5, 5.41) is 8.83. The molecule has 1 aromatic carbocycles. The minimum Gasteiger partial charge on any atom is -0.492 e. The van der Waals surface area contributed by atoms with Crippen LogP contribution in [0.5, 0.6) is 5.75 Å². The molecule has 3 heteroatoms. The molecule has 2 atom stereocenters. The standard InChI is InChI=1S/C12H9NO2/c13-6-8-5-12(8)7-15-10-4-2-1-3-9(10)11(12)14/h1-4,8H,5,7H2/t8-,12-/m0/s1. The number of rotatable bonds is 0. The van der Waals surface area contributed by atoms with Crippen LogP contribution < -0.4 is 4.74 Å². The second-order valence-corrected chi connectivity index (χ2v) is 4.16. The lowest BCUT2D eigenvalue weighted by molar-refractivity contribution is 0.0786. The van der Waals surface area contributed by atoms with Gasteiger partial charge in [-0.3, -0.25) is 4.79 Å². The van der Waals surface area contributed by atoms with E-state index in [4.69, 9.17) is 10.00 Å². The van der Waals surface area contributed by atoms with Gasteiger partial charge >= 0.3 is 0 Å². The van der Waals surface area contributed by atoms with Crippen LogP contribution in [0.4, 0.5) is 0 Å². The molecule has 1 saturated carbocycles. The minimum absolute atomic E-state index is 0.0795. The summed E-state index contributed by atoms with van der Waals surface area (Å²) in [5.74, 6) is 0.575. The highest BCUT2D eigenvalue weighted by Crippen LogP contribution is 2.56. The first kappa shape index (κ1) is 8.49. The number of carbonyl (C=O) groups excluding carboxylic acids is 1. The van der Waals surface area contributed by atoms with E-state index in [9.17, 15) is 4.79 Å². The molecule has 3 rings (SSSR count). The lowest BCUT2D eigenvalue weighted by Crippen LogP contribution is -2.31. The van der Waals surface area contributed by atoms with Crippen LogP contribution in [0.3, 0.4) is 0 Å². The Morgan fingerprint density at radius 1 is 1.47 bits per heavy atom. The van der Waals surface area contributed by atoms with Gasteiger partial charge in [0.1, 0.15) is 12.4 Å². The van der Waals surface area contributed by atoms with E-state index in [1.54, 1.807) is 12.1 Å². The number of nitriles is 1. The smallest absolute Gasteiger partial charge is 0.177 e. The first-order valence-corrected chi connectivity index (χ1v) is 4.94. The maximum atomic E-state index is 12.1. The fourth-order valence-electron chi connectivity index (χ4n) is 2.21. The van der Waals surface area contributed by atoms with E-state index in [-0.39, 0.29) is 11.7 Å². The number of benzene rings is 1. The highest BCUT2D eigenvalue weighted by atomic mass is 16.5. The molecule has 15 heavy (non-hydrogen) atoms. The number of fused-ring (bicyclic) bond motifs is 1. The first-order valence-electron chi connectivity index (χ1n) is 4.94. The van der Waals surface area contributed by atoms with Gasteiger partial charge in [0.05, 0.1) is 23.0 Å². The van der Waals surface area contributed by atoms with Gasteiger partial charge in [0.25, 0.3) is 0 Å². The molecule has 0 bridgehead atoms.